The molecule has 0 fully saturated rings. The predicted molar refractivity (Wildman–Crippen MR) is 27.5 cm³/mol. The largest absolute Gasteiger partial charge is 0.351 e. The van der Waals surface area contributed by atoms with Crippen LogP contribution in [0.5, 0.6) is 0 Å². The summed E-state index contributed by atoms with van der Waals surface area (Å²) >= 11 is 0. The van der Waals surface area contributed by atoms with Crippen molar-refractivity contribution in [2.24, 2.45) is 5.73 Å². The summed E-state index contributed by atoms with van der Waals surface area (Å²) in [6.45, 7) is 1.79. The number of carbonyl (C=O) groups excluding carboxylic acids is 1. The van der Waals surface area contributed by atoms with Crippen molar-refractivity contribution >= 4 is 6.03 Å². The molecular formula is C4H8N2O. The van der Waals surface area contributed by atoms with Crippen LogP contribution in [0.1, 0.15) is 6.92 Å². The molecule has 0 spiro atoms. The zero-order valence-electron chi connectivity index (χ0n) is 4.14. The van der Waals surface area contributed by atoms with Crippen molar-refractivity contribution in [2.45, 2.75) is 6.92 Å². The molecule has 0 radical (unpaired) electrons. The molecule has 3 nitrogen and oxygen atoms in total. The molecule has 2 amide bonds. The van der Waals surface area contributed by atoms with Gasteiger partial charge in [-0.2, -0.15) is 0 Å². The molecule has 40 valence electrons. The monoisotopic (exact) mass is 100 g/mol. The van der Waals surface area contributed by atoms with E-state index in [-0.39, 0.29) is 0 Å². The Morgan fingerprint density at radius 3 is 2.57 bits per heavy atom. The number of nitrogens with two attached hydrogens (primary N) is 1. The van der Waals surface area contributed by atoms with Gasteiger partial charge in [0.2, 0.25) is 0 Å². The number of nitrogens with one attached hydrogen (secondary N) is 1. The van der Waals surface area contributed by atoms with Crippen molar-refractivity contribution in [1.82, 2.24) is 5.32 Å². The third-order valence-electron chi connectivity index (χ3n) is 0.392. The van der Waals surface area contributed by atoms with Crippen molar-refractivity contribution < 1.29 is 4.79 Å². The maximum Gasteiger partial charge on any atom is 0.316 e. The van der Waals surface area contributed by atoms with Crippen LogP contribution in [0.4, 0.5) is 4.79 Å². The minimum absolute atomic E-state index is 0.530. The highest BCUT2D eigenvalue weighted by atomic mass is 16.2. The first-order valence-corrected chi connectivity index (χ1v) is 1.94. The maximum atomic E-state index is 9.82. The van der Waals surface area contributed by atoms with Gasteiger partial charge >= 0.3 is 6.03 Å². The standard InChI is InChI=1S/C4H8N2O/c1-2-3-6-4(5)7/h2-3H,1H3,(H3,5,6,7)/b3-2-. The van der Waals surface area contributed by atoms with E-state index in [2.05, 4.69) is 11.1 Å². The summed E-state index contributed by atoms with van der Waals surface area (Å²) < 4.78 is 0. The zero-order valence-corrected chi connectivity index (χ0v) is 4.14. The normalized spacial score (nSPS) is 9.29. The molecule has 0 heterocycles. The minimum atomic E-state index is -0.530. The van der Waals surface area contributed by atoms with Gasteiger partial charge in [0.05, 0.1) is 0 Å². The summed E-state index contributed by atoms with van der Waals surface area (Å²) in [4.78, 5) is 9.82. The number of primary amides is 1. The van der Waals surface area contributed by atoms with Crippen molar-refractivity contribution in [2.75, 3.05) is 0 Å². The molecule has 3 heteroatoms. The van der Waals surface area contributed by atoms with E-state index in [1.165, 1.54) is 6.20 Å². The van der Waals surface area contributed by atoms with E-state index in [0.717, 1.165) is 0 Å². The first-order chi connectivity index (χ1) is 3.27. The van der Waals surface area contributed by atoms with Crippen LogP contribution < -0.4 is 11.1 Å². The first-order valence-electron chi connectivity index (χ1n) is 1.94. The van der Waals surface area contributed by atoms with Crippen LogP contribution in [-0.4, -0.2) is 6.03 Å². The number of hydrogen-bond acceptors (Lipinski definition) is 1. The quantitative estimate of drug-likeness (QED) is 0.485. The number of carbonyl (C=O) groups is 1. The van der Waals surface area contributed by atoms with Gasteiger partial charge in [-0.1, -0.05) is 6.08 Å². The summed E-state index contributed by atoms with van der Waals surface area (Å²) in [5.74, 6) is 0. The minimum Gasteiger partial charge on any atom is -0.351 e. The van der Waals surface area contributed by atoms with Gasteiger partial charge in [0.15, 0.2) is 0 Å². The summed E-state index contributed by atoms with van der Waals surface area (Å²) in [5, 5.41) is 2.25. The molecule has 0 saturated carbocycles. The molecule has 0 aliphatic heterocycles. The lowest BCUT2D eigenvalue weighted by molar-refractivity contribution is 0.252. The molecule has 7 heavy (non-hydrogen) atoms. The molecule has 0 saturated heterocycles. The van der Waals surface area contributed by atoms with Crippen molar-refractivity contribution in [3.8, 4) is 0 Å². The highest BCUT2D eigenvalue weighted by molar-refractivity contribution is 5.72. The lowest BCUT2D eigenvalue weighted by atomic mass is 10.7. The second kappa shape index (κ2) is 3.21. The fourth-order valence-corrected chi connectivity index (χ4v) is 0.165. The van der Waals surface area contributed by atoms with Gasteiger partial charge in [-0.3, -0.25) is 0 Å². The van der Waals surface area contributed by atoms with E-state index in [1.807, 2.05) is 0 Å². The van der Waals surface area contributed by atoms with E-state index in [9.17, 15) is 4.79 Å². The average Bonchev–Trinajstić information content (AvgIpc) is 1.61. The maximum absolute atomic E-state index is 9.82. The summed E-state index contributed by atoms with van der Waals surface area (Å²) in [6.07, 6.45) is 3.16. The van der Waals surface area contributed by atoms with Crippen LogP contribution in [0.2, 0.25) is 0 Å². The highest BCUT2D eigenvalue weighted by Gasteiger charge is 1.77. The number of amides is 2. The highest BCUT2D eigenvalue weighted by Crippen LogP contribution is 1.59. The Kier molecular flexibility index (Phi) is 2.76. The Labute approximate surface area is 42.2 Å². The fourth-order valence-electron chi connectivity index (χ4n) is 0.165. The lowest BCUT2D eigenvalue weighted by Gasteiger charge is -1.85. The van der Waals surface area contributed by atoms with Crippen LogP contribution in [-0.2, 0) is 0 Å². The van der Waals surface area contributed by atoms with Crippen LogP contribution in [0.3, 0.4) is 0 Å². The smallest absolute Gasteiger partial charge is 0.316 e. The van der Waals surface area contributed by atoms with Gasteiger partial charge in [-0.05, 0) is 6.92 Å². The van der Waals surface area contributed by atoms with Gasteiger partial charge in [0, 0.05) is 6.20 Å². The molecule has 0 aliphatic rings. The summed E-state index contributed by atoms with van der Waals surface area (Å²) in [7, 11) is 0. The topological polar surface area (TPSA) is 55.1 Å². The molecule has 0 aromatic carbocycles. The third kappa shape index (κ3) is 5.01. The van der Waals surface area contributed by atoms with Crippen LogP contribution in [0.15, 0.2) is 12.3 Å². The molecule has 3 N–H and O–H groups in total. The second-order valence-corrected chi connectivity index (χ2v) is 1.01. The average molecular weight is 100 g/mol. The molecular weight excluding hydrogens is 92.1 g/mol. The molecule has 0 unspecified atom stereocenters. The van der Waals surface area contributed by atoms with E-state index in [4.69, 9.17) is 0 Å². The van der Waals surface area contributed by atoms with Crippen LogP contribution in [0.25, 0.3) is 0 Å². The van der Waals surface area contributed by atoms with E-state index in [0.29, 0.717) is 0 Å². The van der Waals surface area contributed by atoms with Gasteiger partial charge < -0.3 is 11.1 Å². The number of urea groups is 1. The van der Waals surface area contributed by atoms with Crippen LogP contribution >= 0.6 is 0 Å². The molecule has 0 bridgehead atoms. The number of allylic oxidation sites excluding steroid dienone is 1. The van der Waals surface area contributed by atoms with Crippen molar-refractivity contribution in [1.29, 1.82) is 0 Å². The first kappa shape index (κ1) is 6.01. The third-order valence-corrected chi connectivity index (χ3v) is 0.392. The van der Waals surface area contributed by atoms with Gasteiger partial charge in [0.1, 0.15) is 0 Å². The van der Waals surface area contributed by atoms with Crippen LogP contribution in [0, 0.1) is 0 Å². The Morgan fingerprint density at radius 2 is 2.43 bits per heavy atom. The molecule has 0 atom stereocenters. The Balaban J connectivity index is 3.14. The molecule has 0 aromatic heterocycles. The van der Waals surface area contributed by atoms with Gasteiger partial charge in [-0.15, -0.1) is 0 Å². The van der Waals surface area contributed by atoms with Gasteiger partial charge in [-0.25, -0.2) is 4.79 Å². The summed E-state index contributed by atoms with van der Waals surface area (Å²) in [6, 6.07) is -0.530. The van der Waals surface area contributed by atoms with Crippen molar-refractivity contribution in [3.63, 3.8) is 0 Å². The summed E-state index contributed by atoms with van der Waals surface area (Å²) in [5.41, 5.74) is 4.68. The number of hydrogen-bond donors (Lipinski definition) is 2. The second-order valence-electron chi connectivity index (χ2n) is 1.01. The van der Waals surface area contributed by atoms with Crippen molar-refractivity contribution in [3.05, 3.63) is 12.3 Å². The van der Waals surface area contributed by atoms with E-state index < -0.39 is 6.03 Å². The zero-order chi connectivity index (χ0) is 5.70. The number of rotatable bonds is 1. The lowest BCUT2D eigenvalue weighted by Crippen LogP contribution is -2.23. The Bertz CT molecular complexity index is 87.7. The van der Waals surface area contributed by atoms with Gasteiger partial charge in [0.25, 0.3) is 0 Å². The van der Waals surface area contributed by atoms with E-state index >= 15 is 0 Å². The SMILES string of the molecule is C/C=C\NC(N)=O. The molecule has 0 aromatic rings. The Morgan fingerprint density at radius 1 is 1.86 bits per heavy atom. The van der Waals surface area contributed by atoms with E-state index in [1.54, 1.807) is 13.0 Å². The molecule has 0 aliphatic carbocycles. The fraction of sp³-hybridized carbons (Fsp3) is 0.250. The predicted octanol–water partition coefficient (Wildman–Crippen LogP) is 0.188. The molecule has 0 rings (SSSR count). The Hall–Kier alpha value is -0.990.